The number of likely N-dealkylation sites (tertiary alicyclic amines) is 1. The van der Waals surface area contributed by atoms with Crippen LogP contribution in [-0.4, -0.2) is 36.0 Å². The van der Waals surface area contributed by atoms with E-state index in [1.165, 1.54) is 12.8 Å². The van der Waals surface area contributed by atoms with Crippen LogP contribution in [0, 0.1) is 0 Å². The van der Waals surface area contributed by atoms with Crippen LogP contribution in [0.1, 0.15) is 32.6 Å². The Kier molecular flexibility index (Phi) is 6.03. The standard InChI is InChI=1S/C16H24ClN3O/c1-12-5-4-6-13(11-18)20(12)10-9-16(21)19-15-8-3-2-7-14(15)17/h2-3,7-8,12-13H,4-6,9-11,18H2,1H3,(H,19,21). The molecule has 1 aliphatic heterocycles. The normalized spacial score (nSPS) is 23.0. The van der Waals surface area contributed by atoms with E-state index < -0.39 is 0 Å². The van der Waals surface area contributed by atoms with Gasteiger partial charge in [0.05, 0.1) is 10.7 Å². The van der Waals surface area contributed by atoms with Crippen LogP contribution in [0.5, 0.6) is 0 Å². The third kappa shape index (κ3) is 4.43. The van der Waals surface area contributed by atoms with Crippen molar-refractivity contribution in [2.24, 2.45) is 5.73 Å². The fraction of sp³-hybridized carbons (Fsp3) is 0.562. The fourth-order valence-corrected chi connectivity index (χ4v) is 3.19. The molecule has 4 nitrogen and oxygen atoms in total. The highest BCUT2D eigenvalue weighted by atomic mass is 35.5. The van der Waals surface area contributed by atoms with Crippen molar-refractivity contribution in [1.29, 1.82) is 0 Å². The van der Waals surface area contributed by atoms with Gasteiger partial charge in [-0.3, -0.25) is 9.69 Å². The highest BCUT2D eigenvalue weighted by Crippen LogP contribution is 2.23. The van der Waals surface area contributed by atoms with Gasteiger partial charge in [0.1, 0.15) is 0 Å². The molecule has 116 valence electrons. The lowest BCUT2D eigenvalue weighted by Gasteiger charge is -2.40. The number of hydrogen-bond donors (Lipinski definition) is 2. The first kappa shape index (κ1) is 16.3. The summed E-state index contributed by atoms with van der Waals surface area (Å²) in [6.45, 7) is 3.63. The van der Waals surface area contributed by atoms with Gasteiger partial charge in [-0.25, -0.2) is 0 Å². The van der Waals surface area contributed by atoms with Crippen molar-refractivity contribution in [1.82, 2.24) is 4.90 Å². The molecular formula is C16H24ClN3O. The van der Waals surface area contributed by atoms with E-state index in [1.807, 2.05) is 18.2 Å². The van der Waals surface area contributed by atoms with E-state index in [-0.39, 0.29) is 5.91 Å². The molecule has 1 heterocycles. The Labute approximate surface area is 131 Å². The highest BCUT2D eigenvalue weighted by Gasteiger charge is 2.26. The van der Waals surface area contributed by atoms with E-state index in [4.69, 9.17) is 17.3 Å². The van der Waals surface area contributed by atoms with Crippen molar-refractivity contribution in [2.45, 2.75) is 44.7 Å². The number of benzene rings is 1. The average molecular weight is 310 g/mol. The second-order valence-corrected chi connectivity index (χ2v) is 6.09. The predicted molar refractivity (Wildman–Crippen MR) is 87.6 cm³/mol. The summed E-state index contributed by atoms with van der Waals surface area (Å²) in [6.07, 6.45) is 4.01. The van der Waals surface area contributed by atoms with Gasteiger partial charge in [0.15, 0.2) is 0 Å². The Morgan fingerprint density at radius 2 is 2.19 bits per heavy atom. The van der Waals surface area contributed by atoms with Crippen molar-refractivity contribution in [3.05, 3.63) is 29.3 Å². The fourth-order valence-electron chi connectivity index (χ4n) is 3.00. The van der Waals surface area contributed by atoms with E-state index in [2.05, 4.69) is 17.1 Å². The molecule has 1 aliphatic rings. The van der Waals surface area contributed by atoms with Crippen LogP contribution < -0.4 is 11.1 Å². The van der Waals surface area contributed by atoms with E-state index in [0.29, 0.717) is 35.8 Å². The van der Waals surface area contributed by atoms with Gasteiger partial charge in [-0.1, -0.05) is 30.2 Å². The molecule has 0 aliphatic carbocycles. The SMILES string of the molecule is CC1CCCC(CN)N1CCC(=O)Nc1ccccc1Cl. The number of nitrogens with one attached hydrogen (secondary N) is 1. The van der Waals surface area contributed by atoms with Gasteiger partial charge >= 0.3 is 0 Å². The minimum Gasteiger partial charge on any atom is -0.329 e. The summed E-state index contributed by atoms with van der Waals surface area (Å²) in [5, 5.41) is 3.44. The number of piperidine rings is 1. The van der Waals surface area contributed by atoms with Gasteiger partial charge in [0.2, 0.25) is 5.91 Å². The van der Waals surface area contributed by atoms with Crippen molar-refractivity contribution >= 4 is 23.2 Å². The van der Waals surface area contributed by atoms with Crippen LogP contribution in [0.2, 0.25) is 5.02 Å². The molecule has 1 saturated heterocycles. The Balaban J connectivity index is 1.87. The molecule has 1 fully saturated rings. The van der Waals surface area contributed by atoms with E-state index in [1.54, 1.807) is 6.07 Å². The molecule has 0 saturated carbocycles. The summed E-state index contributed by atoms with van der Waals surface area (Å²) >= 11 is 6.04. The maximum Gasteiger partial charge on any atom is 0.225 e. The van der Waals surface area contributed by atoms with Crippen molar-refractivity contribution in [3.8, 4) is 0 Å². The van der Waals surface area contributed by atoms with Gasteiger partial charge in [-0.2, -0.15) is 0 Å². The lowest BCUT2D eigenvalue weighted by Crippen LogP contribution is -2.49. The summed E-state index contributed by atoms with van der Waals surface area (Å²) in [6, 6.07) is 8.20. The average Bonchev–Trinajstić information content (AvgIpc) is 2.48. The molecule has 2 unspecified atom stereocenters. The van der Waals surface area contributed by atoms with Gasteiger partial charge in [0, 0.05) is 31.6 Å². The van der Waals surface area contributed by atoms with Crippen LogP contribution in [-0.2, 0) is 4.79 Å². The zero-order valence-electron chi connectivity index (χ0n) is 12.5. The van der Waals surface area contributed by atoms with Crippen molar-refractivity contribution in [3.63, 3.8) is 0 Å². The highest BCUT2D eigenvalue weighted by molar-refractivity contribution is 6.33. The van der Waals surface area contributed by atoms with Crippen LogP contribution >= 0.6 is 11.6 Å². The Morgan fingerprint density at radius 1 is 1.43 bits per heavy atom. The number of amides is 1. The zero-order chi connectivity index (χ0) is 15.2. The Hall–Kier alpha value is -1.10. The van der Waals surface area contributed by atoms with Crippen molar-refractivity contribution < 1.29 is 4.79 Å². The second-order valence-electron chi connectivity index (χ2n) is 5.69. The number of nitrogens with two attached hydrogens (primary N) is 1. The molecule has 1 aromatic rings. The number of nitrogens with zero attached hydrogens (tertiary/aromatic N) is 1. The van der Waals surface area contributed by atoms with Gasteiger partial charge < -0.3 is 11.1 Å². The third-order valence-corrected chi connectivity index (χ3v) is 4.54. The maximum atomic E-state index is 12.1. The number of halogens is 1. The van der Waals surface area contributed by atoms with Crippen LogP contribution in [0.4, 0.5) is 5.69 Å². The summed E-state index contributed by atoms with van der Waals surface area (Å²) in [5.41, 5.74) is 6.52. The molecule has 0 bridgehead atoms. The molecule has 2 rings (SSSR count). The number of hydrogen-bond acceptors (Lipinski definition) is 3. The summed E-state index contributed by atoms with van der Waals surface area (Å²) in [5.74, 6) is -0.00311. The monoisotopic (exact) mass is 309 g/mol. The topological polar surface area (TPSA) is 58.4 Å². The lowest BCUT2D eigenvalue weighted by molar-refractivity contribution is -0.116. The number of rotatable bonds is 5. The molecule has 1 aromatic carbocycles. The second kappa shape index (κ2) is 7.78. The maximum absolute atomic E-state index is 12.1. The quantitative estimate of drug-likeness (QED) is 0.879. The molecule has 1 amide bonds. The molecular weight excluding hydrogens is 286 g/mol. The summed E-state index contributed by atoms with van der Waals surface area (Å²) in [4.78, 5) is 14.5. The molecule has 3 N–H and O–H groups in total. The molecule has 0 spiro atoms. The molecule has 0 aromatic heterocycles. The van der Waals surface area contributed by atoms with Crippen LogP contribution in [0.15, 0.2) is 24.3 Å². The minimum absolute atomic E-state index is 0.00311. The lowest BCUT2D eigenvalue weighted by atomic mass is 9.96. The van der Waals surface area contributed by atoms with E-state index in [0.717, 1.165) is 13.0 Å². The number of carbonyl (C=O) groups excluding carboxylic acids is 1. The third-order valence-electron chi connectivity index (χ3n) is 4.21. The Morgan fingerprint density at radius 3 is 2.90 bits per heavy atom. The van der Waals surface area contributed by atoms with Crippen LogP contribution in [0.3, 0.4) is 0 Å². The Bertz CT molecular complexity index is 480. The first-order chi connectivity index (χ1) is 10.1. The minimum atomic E-state index is -0.00311. The molecule has 0 radical (unpaired) electrons. The summed E-state index contributed by atoms with van der Waals surface area (Å²) < 4.78 is 0. The smallest absolute Gasteiger partial charge is 0.225 e. The number of carbonyl (C=O) groups is 1. The molecule has 5 heteroatoms. The van der Waals surface area contributed by atoms with Gasteiger partial charge in [0.25, 0.3) is 0 Å². The predicted octanol–water partition coefficient (Wildman–Crippen LogP) is 2.87. The van der Waals surface area contributed by atoms with Crippen molar-refractivity contribution in [2.75, 3.05) is 18.4 Å². The van der Waals surface area contributed by atoms with Crippen LogP contribution in [0.25, 0.3) is 0 Å². The molecule has 21 heavy (non-hydrogen) atoms. The van der Waals surface area contributed by atoms with E-state index >= 15 is 0 Å². The largest absolute Gasteiger partial charge is 0.329 e. The van der Waals surface area contributed by atoms with Gasteiger partial charge in [-0.15, -0.1) is 0 Å². The number of anilines is 1. The first-order valence-electron chi connectivity index (χ1n) is 7.62. The summed E-state index contributed by atoms with van der Waals surface area (Å²) in [7, 11) is 0. The molecule has 2 atom stereocenters. The van der Waals surface area contributed by atoms with E-state index in [9.17, 15) is 4.79 Å². The first-order valence-corrected chi connectivity index (χ1v) is 7.99. The zero-order valence-corrected chi connectivity index (χ0v) is 13.3. The van der Waals surface area contributed by atoms with Gasteiger partial charge in [-0.05, 0) is 31.9 Å². The number of para-hydroxylation sites is 1.